The summed E-state index contributed by atoms with van der Waals surface area (Å²) in [4.78, 5) is 32.7. The monoisotopic (exact) mass is 302 g/mol. The molecule has 8 heteroatoms. The first-order valence-corrected chi connectivity index (χ1v) is 5.87. The number of methoxy groups -OCH3 is 1. The Labute approximate surface area is 144 Å². The normalized spacial score (nSPS) is 9.24. The Morgan fingerprint density at radius 3 is 2.38 bits per heavy atom. The number of nitrogens with one attached hydrogen (secondary N) is 2. The fourth-order valence-electron chi connectivity index (χ4n) is 1.50. The Morgan fingerprint density at radius 1 is 1.19 bits per heavy atom. The number of rotatable bonds is 6. The minimum Gasteiger partial charge on any atom is -0.550 e. The zero-order valence-corrected chi connectivity index (χ0v) is 14.2. The van der Waals surface area contributed by atoms with Gasteiger partial charge in [-0.15, -0.1) is 0 Å². The van der Waals surface area contributed by atoms with Crippen LogP contribution in [-0.2, 0) is 14.4 Å². The summed E-state index contributed by atoms with van der Waals surface area (Å²) in [7, 11) is 1.43. The number of ether oxygens (including phenoxy) is 1. The Hall–Kier alpha value is -1.57. The molecule has 0 bridgehead atoms. The number of aliphatic carboxylic acids is 1. The molecule has 21 heavy (non-hydrogen) atoms. The predicted molar refractivity (Wildman–Crippen MR) is 70.2 cm³/mol. The largest absolute Gasteiger partial charge is 1.00 e. The van der Waals surface area contributed by atoms with Crippen molar-refractivity contribution in [2.24, 2.45) is 0 Å². The maximum atomic E-state index is 11.5. The van der Waals surface area contributed by atoms with E-state index in [-0.39, 0.29) is 48.3 Å². The van der Waals surface area contributed by atoms with Gasteiger partial charge in [0, 0.05) is 31.1 Å². The van der Waals surface area contributed by atoms with E-state index in [2.05, 4.69) is 10.6 Å². The van der Waals surface area contributed by atoms with Crippen molar-refractivity contribution in [3.63, 3.8) is 0 Å². The zero-order valence-electron chi connectivity index (χ0n) is 12.2. The second-order valence-corrected chi connectivity index (χ2v) is 4.02. The van der Waals surface area contributed by atoms with Gasteiger partial charge in [0.05, 0.1) is 12.8 Å². The fraction of sp³-hybridized carbons (Fsp3) is 0.308. The second kappa shape index (κ2) is 9.38. The van der Waals surface area contributed by atoms with Gasteiger partial charge in [-0.1, -0.05) is 0 Å². The molecule has 0 fully saturated rings. The molecule has 0 saturated carbocycles. The first kappa shape index (κ1) is 19.4. The van der Waals surface area contributed by atoms with Crippen LogP contribution in [0.1, 0.15) is 19.8 Å². The third-order valence-electron chi connectivity index (χ3n) is 2.35. The molecule has 0 spiro atoms. The molecule has 2 N–H and O–H groups in total. The van der Waals surface area contributed by atoms with E-state index in [1.165, 1.54) is 20.1 Å². The van der Waals surface area contributed by atoms with Gasteiger partial charge in [0.25, 0.3) is 0 Å². The molecule has 108 valence electrons. The summed E-state index contributed by atoms with van der Waals surface area (Å²) in [6, 6.07) is 4.68. The van der Waals surface area contributed by atoms with Crippen molar-refractivity contribution >= 4 is 29.2 Å². The molecule has 0 unspecified atom stereocenters. The smallest absolute Gasteiger partial charge is 0.550 e. The molecule has 1 rings (SSSR count). The molecule has 0 atom stereocenters. The van der Waals surface area contributed by atoms with Gasteiger partial charge in [0.1, 0.15) is 5.75 Å². The van der Waals surface area contributed by atoms with Crippen LogP contribution in [0.3, 0.4) is 0 Å². The van der Waals surface area contributed by atoms with E-state index in [0.717, 1.165) is 0 Å². The van der Waals surface area contributed by atoms with E-state index in [9.17, 15) is 19.5 Å². The third kappa shape index (κ3) is 7.12. The van der Waals surface area contributed by atoms with E-state index in [1.807, 2.05) is 0 Å². The molecule has 7 nitrogen and oxygen atoms in total. The number of carboxylic acids is 1. The van der Waals surface area contributed by atoms with Crippen LogP contribution in [0, 0.1) is 0 Å². The summed E-state index contributed by atoms with van der Waals surface area (Å²) < 4.78 is 5.10. The SMILES string of the molecule is COc1cc(NC(=O)CCC(=O)[O-])ccc1NC(C)=O.[Na+]. The maximum Gasteiger partial charge on any atom is 1.00 e. The quantitative estimate of drug-likeness (QED) is 0.549. The number of carboxylic acid groups (broad SMARTS) is 1. The number of carbonyl (C=O) groups excluding carboxylic acids is 3. The topological polar surface area (TPSA) is 108 Å². The van der Waals surface area contributed by atoms with Gasteiger partial charge in [-0.05, 0) is 18.6 Å². The van der Waals surface area contributed by atoms with E-state index in [1.54, 1.807) is 12.1 Å². The molecule has 0 heterocycles. The van der Waals surface area contributed by atoms with Gasteiger partial charge in [0.15, 0.2) is 0 Å². The molecular weight excluding hydrogens is 287 g/mol. The summed E-state index contributed by atoms with van der Waals surface area (Å²) in [5, 5.41) is 15.4. The van der Waals surface area contributed by atoms with E-state index < -0.39 is 11.9 Å². The summed E-state index contributed by atoms with van der Waals surface area (Å²) in [5.41, 5.74) is 0.923. The molecule has 0 radical (unpaired) electrons. The molecule has 1 aromatic carbocycles. The van der Waals surface area contributed by atoms with Crippen LogP contribution in [-0.4, -0.2) is 24.9 Å². The minimum atomic E-state index is -1.28. The van der Waals surface area contributed by atoms with Gasteiger partial charge in [-0.25, -0.2) is 0 Å². The minimum absolute atomic E-state index is 0. The van der Waals surface area contributed by atoms with Crippen molar-refractivity contribution in [3.8, 4) is 5.75 Å². The van der Waals surface area contributed by atoms with Crippen LogP contribution >= 0.6 is 0 Å². The van der Waals surface area contributed by atoms with Crippen molar-refractivity contribution in [1.82, 2.24) is 0 Å². The maximum absolute atomic E-state index is 11.5. The van der Waals surface area contributed by atoms with Crippen LogP contribution in [0.4, 0.5) is 11.4 Å². The average molecular weight is 302 g/mol. The van der Waals surface area contributed by atoms with Crippen molar-refractivity contribution in [2.45, 2.75) is 19.8 Å². The van der Waals surface area contributed by atoms with Crippen molar-refractivity contribution in [2.75, 3.05) is 17.7 Å². The van der Waals surface area contributed by atoms with Gasteiger partial charge in [-0.3, -0.25) is 9.59 Å². The first-order chi connectivity index (χ1) is 9.42. The molecule has 0 aliphatic heterocycles. The first-order valence-electron chi connectivity index (χ1n) is 5.87. The molecule has 0 aromatic heterocycles. The van der Waals surface area contributed by atoms with Gasteiger partial charge in [0.2, 0.25) is 11.8 Å². The summed E-state index contributed by atoms with van der Waals surface area (Å²) in [6.07, 6.45) is -0.509. The third-order valence-corrected chi connectivity index (χ3v) is 2.35. The number of amides is 2. The Bertz CT molecular complexity index is 533. The molecule has 1 aromatic rings. The number of hydrogen-bond acceptors (Lipinski definition) is 5. The fourth-order valence-corrected chi connectivity index (χ4v) is 1.50. The zero-order chi connectivity index (χ0) is 15.1. The Kier molecular flexibility index (Phi) is 8.68. The van der Waals surface area contributed by atoms with E-state index in [4.69, 9.17) is 4.74 Å². The molecule has 0 saturated heterocycles. The van der Waals surface area contributed by atoms with Gasteiger partial charge >= 0.3 is 29.6 Å². The molecule has 2 amide bonds. The van der Waals surface area contributed by atoms with Gasteiger partial charge < -0.3 is 25.3 Å². The predicted octanol–water partition coefficient (Wildman–Crippen LogP) is -2.87. The van der Waals surface area contributed by atoms with Crippen molar-refractivity contribution in [3.05, 3.63) is 18.2 Å². The van der Waals surface area contributed by atoms with Crippen LogP contribution in [0.25, 0.3) is 0 Å². The van der Waals surface area contributed by atoms with E-state index in [0.29, 0.717) is 17.1 Å². The second-order valence-electron chi connectivity index (χ2n) is 4.02. The number of benzene rings is 1. The summed E-state index contributed by atoms with van der Waals surface area (Å²) in [6.45, 7) is 1.37. The number of anilines is 2. The standard InChI is InChI=1S/C13H16N2O5.Na/c1-8(16)14-10-4-3-9(7-11(10)20-2)15-12(17)5-6-13(18)19;/h3-4,7H,5-6H2,1-2H3,(H,14,16)(H,15,17)(H,18,19);/q;+1/p-1. The number of carbonyl (C=O) groups is 3. The average Bonchev–Trinajstić information content (AvgIpc) is 2.37. The Morgan fingerprint density at radius 2 is 1.86 bits per heavy atom. The molecule has 0 aliphatic rings. The number of hydrogen-bond donors (Lipinski definition) is 2. The van der Waals surface area contributed by atoms with Crippen LogP contribution in [0.5, 0.6) is 5.75 Å². The molecule has 0 aliphatic carbocycles. The van der Waals surface area contributed by atoms with E-state index >= 15 is 0 Å². The Balaban J connectivity index is 0.00000400. The van der Waals surface area contributed by atoms with Crippen LogP contribution < -0.4 is 50.0 Å². The van der Waals surface area contributed by atoms with Crippen molar-refractivity contribution < 1.29 is 53.8 Å². The molecular formula is C13H15N2NaO5. The van der Waals surface area contributed by atoms with Crippen LogP contribution in [0.2, 0.25) is 0 Å². The summed E-state index contributed by atoms with van der Waals surface area (Å²) >= 11 is 0. The summed E-state index contributed by atoms with van der Waals surface area (Å²) in [5.74, 6) is -1.57. The van der Waals surface area contributed by atoms with Gasteiger partial charge in [-0.2, -0.15) is 0 Å². The van der Waals surface area contributed by atoms with Crippen LogP contribution in [0.15, 0.2) is 18.2 Å². The van der Waals surface area contributed by atoms with Crippen molar-refractivity contribution in [1.29, 1.82) is 0 Å².